The Morgan fingerprint density at radius 3 is 2.68 bits per heavy atom. The zero-order valence-electron chi connectivity index (χ0n) is 18.3. The van der Waals surface area contributed by atoms with E-state index in [2.05, 4.69) is 33.2 Å². The maximum Gasteiger partial charge on any atom is 0.221 e. The van der Waals surface area contributed by atoms with Crippen LogP contribution in [0.25, 0.3) is 22.2 Å². The number of ether oxygens (including phenoxy) is 1. The Hall–Kier alpha value is -2.67. The molecule has 1 N–H and O–H groups in total. The summed E-state index contributed by atoms with van der Waals surface area (Å²) in [6, 6.07) is 6.85. The Morgan fingerprint density at radius 2 is 2.03 bits per heavy atom. The number of methoxy groups -OCH3 is 1. The van der Waals surface area contributed by atoms with Gasteiger partial charge in [0.15, 0.2) is 0 Å². The van der Waals surface area contributed by atoms with Gasteiger partial charge in [-0.05, 0) is 63.6 Å². The van der Waals surface area contributed by atoms with E-state index in [1.54, 1.807) is 7.11 Å². The molecule has 3 aliphatic rings. The lowest BCUT2D eigenvalue weighted by Crippen LogP contribution is -2.34. The summed E-state index contributed by atoms with van der Waals surface area (Å²) in [5.74, 6) is 2.37. The summed E-state index contributed by atoms with van der Waals surface area (Å²) < 4.78 is 13.4. The quantitative estimate of drug-likeness (QED) is 0.685. The molecule has 6 rings (SSSR count). The molecule has 31 heavy (non-hydrogen) atoms. The molecule has 1 saturated heterocycles. The predicted molar refractivity (Wildman–Crippen MR) is 116 cm³/mol. The van der Waals surface area contributed by atoms with Gasteiger partial charge in [-0.1, -0.05) is 11.2 Å². The van der Waals surface area contributed by atoms with E-state index in [0.717, 1.165) is 71.5 Å². The first-order valence-electron chi connectivity index (χ1n) is 11.3. The van der Waals surface area contributed by atoms with E-state index in [1.807, 2.05) is 13.8 Å². The highest BCUT2D eigenvalue weighted by Crippen LogP contribution is 2.58. The number of carbonyl (C=O) groups excluding carboxylic acids is 1. The van der Waals surface area contributed by atoms with Crippen LogP contribution in [-0.4, -0.2) is 33.8 Å². The monoisotopic (exact) mass is 420 g/mol. The number of benzene rings is 1. The van der Waals surface area contributed by atoms with Crippen LogP contribution in [0.4, 0.5) is 0 Å². The number of nitrogens with one attached hydrogen (secondary N) is 1. The predicted octanol–water partition coefficient (Wildman–Crippen LogP) is 4.17. The van der Waals surface area contributed by atoms with Gasteiger partial charge in [-0.3, -0.25) is 4.79 Å². The Balaban J connectivity index is 1.48. The standard InChI is InChI=1S/C24H28N4O3/c1-13-22(14(2)31-27-13)15-4-9-20-19(10-15)25-23(24-12-16(24)11-21(29)26-24)28(20)17-5-7-18(30-3)8-6-17/h4,9-10,16-18H,5-8,11-12H2,1-3H3,(H,26,29)/t16-,17-,18-,24+/m0/s1. The first kappa shape index (κ1) is 19.0. The lowest BCUT2D eigenvalue weighted by atomic mass is 9.92. The van der Waals surface area contributed by atoms with Gasteiger partial charge in [-0.25, -0.2) is 4.98 Å². The van der Waals surface area contributed by atoms with E-state index in [-0.39, 0.29) is 11.4 Å². The Kier molecular flexibility index (Phi) is 4.09. The van der Waals surface area contributed by atoms with Gasteiger partial charge < -0.3 is 19.1 Å². The van der Waals surface area contributed by atoms with Crippen molar-refractivity contribution >= 4 is 16.9 Å². The van der Waals surface area contributed by atoms with Gasteiger partial charge in [0.05, 0.1) is 22.8 Å². The van der Waals surface area contributed by atoms with Crippen molar-refractivity contribution in [3.05, 3.63) is 35.5 Å². The lowest BCUT2D eigenvalue weighted by Gasteiger charge is -2.31. The fraction of sp³-hybridized carbons (Fsp3) is 0.542. The van der Waals surface area contributed by atoms with Crippen molar-refractivity contribution in [3.63, 3.8) is 0 Å². The molecule has 0 spiro atoms. The summed E-state index contributed by atoms with van der Waals surface area (Å²) in [7, 11) is 1.81. The van der Waals surface area contributed by atoms with Crippen LogP contribution in [0.2, 0.25) is 0 Å². The number of amides is 1. The maximum atomic E-state index is 12.1. The molecule has 2 saturated carbocycles. The van der Waals surface area contributed by atoms with Crippen molar-refractivity contribution in [1.82, 2.24) is 20.0 Å². The number of carbonyl (C=O) groups is 1. The highest BCUT2D eigenvalue weighted by atomic mass is 16.5. The third-order valence-electron chi connectivity index (χ3n) is 7.65. The van der Waals surface area contributed by atoms with Gasteiger partial charge in [-0.15, -0.1) is 0 Å². The maximum absolute atomic E-state index is 12.1. The minimum Gasteiger partial charge on any atom is -0.381 e. The number of piperidine rings is 1. The average molecular weight is 421 g/mol. The van der Waals surface area contributed by atoms with Crippen molar-refractivity contribution < 1.29 is 14.1 Å². The number of fused-ring (bicyclic) bond motifs is 2. The zero-order chi connectivity index (χ0) is 21.3. The summed E-state index contributed by atoms with van der Waals surface area (Å²) in [6.07, 6.45) is 6.20. The molecule has 0 bridgehead atoms. The second-order valence-corrected chi connectivity index (χ2v) is 9.50. The van der Waals surface area contributed by atoms with Crippen molar-refractivity contribution in [2.45, 2.75) is 70.1 Å². The van der Waals surface area contributed by atoms with E-state index in [0.29, 0.717) is 24.5 Å². The molecule has 162 valence electrons. The van der Waals surface area contributed by atoms with Crippen LogP contribution in [0, 0.1) is 19.8 Å². The molecule has 1 aromatic carbocycles. The molecule has 0 radical (unpaired) electrons. The molecule has 7 nitrogen and oxygen atoms in total. The lowest BCUT2D eigenvalue weighted by molar-refractivity contribution is -0.120. The van der Waals surface area contributed by atoms with Crippen molar-refractivity contribution in [1.29, 1.82) is 0 Å². The van der Waals surface area contributed by atoms with Gasteiger partial charge in [0.25, 0.3) is 0 Å². The molecule has 7 heteroatoms. The molecule has 2 aliphatic carbocycles. The van der Waals surface area contributed by atoms with Crippen LogP contribution in [-0.2, 0) is 15.1 Å². The second-order valence-electron chi connectivity index (χ2n) is 9.50. The summed E-state index contributed by atoms with van der Waals surface area (Å²) >= 11 is 0. The van der Waals surface area contributed by atoms with Gasteiger partial charge in [0, 0.05) is 31.1 Å². The smallest absolute Gasteiger partial charge is 0.221 e. The number of hydrogen-bond donors (Lipinski definition) is 1. The van der Waals surface area contributed by atoms with Crippen LogP contribution in [0.3, 0.4) is 0 Å². The highest BCUT2D eigenvalue weighted by Gasteiger charge is 2.64. The van der Waals surface area contributed by atoms with Gasteiger partial charge in [0.1, 0.15) is 17.1 Å². The Morgan fingerprint density at radius 1 is 1.23 bits per heavy atom. The molecular weight excluding hydrogens is 392 g/mol. The second kappa shape index (κ2) is 6.66. The molecule has 0 unspecified atom stereocenters. The Bertz CT molecular complexity index is 1170. The van der Waals surface area contributed by atoms with Gasteiger partial charge >= 0.3 is 0 Å². The van der Waals surface area contributed by atoms with Crippen LogP contribution in [0.15, 0.2) is 22.7 Å². The first-order chi connectivity index (χ1) is 15.0. The largest absolute Gasteiger partial charge is 0.381 e. The fourth-order valence-corrected chi connectivity index (χ4v) is 5.96. The summed E-state index contributed by atoms with van der Waals surface area (Å²) in [4.78, 5) is 17.3. The third kappa shape index (κ3) is 2.79. The van der Waals surface area contributed by atoms with Crippen LogP contribution in [0.5, 0.6) is 0 Å². The molecule has 2 aromatic heterocycles. The van der Waals surface area contributed by atoms with E-state index in [1.165, 1.54) is 0 Å². The highest BCUT2D eigenvalue weighted by molar-refractivity contribution is 5.86. The normalized spacial score (nSPS) is 29.9. The number of rotatable bonds is 4. The summed E-state index contributed by atoms with van der Waals surface area (Å²) in [6.45, 7) is 3.91. The third-order valence-corrected chi connectivity index (χ3v) is 7.65. The molecule has 3 heterocycles. The van der Waals surface area contributed by atoms with Gasteiger partial charge in [0.2, 0.25) is 5.91 Å². The molecule has 3 aromatic rings. The number of hydrogen-bond acceptors (Lipinski definition) is 5. The number of aromatic nitrogens is 3. The van der Waals surface area contributed by atoms with E-state index in [9.17, 15) is 4.79 Å². The van der Waals surface area contributed by atoms with E-state index < -0.39 is 0 Å². The number of aryl methyl sites for hydroxylation is 2. The van der Waals surface area contributed by atoms with Crippen molar-refractivity contribution in [2.75, 3.05) is 7.11 Å². The van der Waals surface area contributed by atoms with Crippen LogP contribution >= 0.6 is 0 Å². The molecule has 2 atom stereocenters. The molecule has 1 amide bonds. The minimum atomic E-state index is -0.280. The molecular formula is C24H28N4O3. The van der Waals surface area contributed by atoms with E-state index >= 15 is 0 Å². The number of imidazole rings is 1. The van der Waals surface area contributed by atoms with E-state index in [4.69, 9.17) is 14.2 Å². The summed E-state index contributed by atoms with van der Waals surface area (Å²) in [5, 5.41) is 7.38. The van der Waals surface area contributed by atoms with Gasteiger partial charge in [-0.2, -0.15) is 0 Å². The zero-order valence-corrected chi connectivity index (χ0v) is 18.3. The van der Waals surface area contributed by atoms with Crippen LogP contribution in [0.1, 0.15) is 61.8 Å². The molecule has 1 aliphatic heterocycles. The van der Waals surface area contributed by atoms with Crippen molar-refractivity contribution in [3.8, 4) is 11.1 Å². The summed E-state index contributed by atoms with van der Waals surface area (Å²) in [5.41, 5.74) is 4.84. The first-order valence-corrected chi connectivity index (χ1v) is 11.3. The average Bonchev–Trinajstić information content (AvgIpc) is 3.04. The molecule has 3 fully saturated rings. The fourth-order valence-electron chi connectivity index (χ4n) is 5.96. The Labute approximate surface area is 181 Å². The minimum absolute atomic E-state index is 0.148. The van der Waals surface area contributed by atoms with Crippen LogP contribution < -0.4 is 5.32 Å². The topological polar surface area (TPSA) is 82.2 Å². The van der Waals surface area contributed by atoms with Crippen molar-refractivity contribution in [2.24, 2.45) is 5.92 Å². The SMILES string of the molecule is CO[C@H]1CC[C@H](n2c([C@@]34C[C@@H]3CC(=O)N4)nc3cc(-c4c(C)noc4C)ccc32)CC1. The number of nitrogens with zero attached hydrogens (tertiary/aromatic N) is 3.